The first-order valence-corrected chi connectivity index (χ1v) is 10.8. The Balaban J connectivity index is 1.32. The Labute approximate surface area is 188 Å². The molecular formula is C25H28N4O3. The molecule has 166 valence electrons. The van der Waals surface area contributed by atoms with Crippen molar-refractivity contribution in [2.24, 2.45) is 0 Å². The molecule has 1 fully saturated rings. The monoisotopic (exact) mass is 432 g/mol. The summed E-state index contributed by atoms with van der Waals surface area (Å²) in [5.41, 5.74) is 2.11. The normalized spacial score (nSPS) is 16.1. The Morgan fingerprint density at radius 2 is 1.84 bits per heavy atom. The molecule has 0 radical (unpaired) electrons. The number of benzene rings is 2. The van der Waals surface area contributed by atoms with Gasteiger partial charge in [-0.2, -0.15) is 0 Å². The lowest BCUT2D eigenvalue weighted by Gasteiger charge is -2.40. The lowest BCUT2D eigenvalue weighted by Crippen LogP contribution is -2.55. The highest BCUT2D eigenvalue weighted by molar-refractivity contribution is 5.78. The van der Waals surface area contributed by atoms with Crippen molar-refractivity contribution in [2.45, 2.75) is 26.5 Å². The van der Waals surface area contributed by atoms with E-state index in [0.717, 1.165) is 22.7 Å². The Morgan fingerprint density at radius 1 is 1.06 bits per heavy atom. The maximum absolute atomic E-state index is 12.7. The van der Waals surface area contributed by atoms with Crippen molar-refractivity contribution in [3.63, 3.8) is 0 Å². The van der Waals surface area contributed by atoms with Gasteiger partial charge in [-0.25, -0.2) is 9.97 Å². The molecule has 1 aromatic heterocycles. The number of anilines is 1. The summed E-state index contributed by atoms with van der Waals surface area (Å²) in [5, 5.41) is 0. The molecule has 0 N–H and O–H groups in total. The third kappa shape index (κ3) is 5.42. The van der Waals surface area contributed by atoms with Crippen LogP contribution in [-0.4, -0.2) is 53.1 Å². The van der Waals surface area contributed by atoms with Gasteiger partial charge in [-0.05, 0) is 31.0 Å². The quantitative estimate of drug-likeness (QED) is 0.565. The number of nitrogens with zero attached hydrogens (tertiary/aromatic N) is 4. The third-order valence-corrected chi connectivity index (χ3v) is 5.54. The third-order valence-electron chi connectivity index (χ3n) is 5.54. The van der Waals surface area contributed by atoms with Crippen LogP contribution in [0.2, 0.25) is 0 Å². The Morgan fingerprint density at radius 3 is 2.62 bits per heavy atom. The van der Waals surface area contributed by atoms with Crippen LogP contribution in [0.3, 0.4) is 0 Å². The molecule has 1 aliphatic heterocycles. The van der Waals surface area contributed by atoms with Crippen LogP contribution in [-0.2, 0) is 16.1 Å². The number of carbonyl (C=O) groups is 1. The van der Waals surface area contributed by atoms with Crippen molar-refractivity contribution in [1.82, 2.24) is 14.9 Å². The predicted octanol–water partition coefficient (Wildman–Crippen LogP) is 3.83. The SMILES string of the molecule is Cc1ccccc1Oc1cc(N2CCN(C(=O)COCc3ccccc3)[C@@H](C)C2)ncn1. The van der Waals surface area contributed by atoms with Crippen molar-refractivity contribution in [2.75, 3.05) is 31.1 Å². The van der Waals surface area contributed by atoms with Crippen LogP contribution >= 0.6 is 0 Å². The molecule has 0 unspecified atom stereocenters. The molecule has 1 atom stereocenters. The number of hydrogen-bond donors (Lipinski definition) is 0. The first-order valence-electron chi connectivity index (χ1n) is 10.8. The molecule has 1 saturated heterocycles. The molecule has 7 heteroatoms. The molecule has 2 aromatic carbocycles. The molecule has 1 aliphatic rings. The first-order chi connectivity index (χ1) is 15.6. The van der Waals surface area contributed by atoms with Crippen molar-refractivity contribution in [1.29, 1.82) is 0 Å². The molecule has 0 bridgehead atoms. The fourth-order valence-corrected chi connectivity index (χ4v) is 3.79. The van der Waals surface area contributed by atoms with Gasteiger partial charge in [0.1, 0.15) is 24.5 Å². The van der Waals surface area contributed by atoms with Crippen LogP contribution in [0.5, 0.6) is 11.6 Å². The number of aryl methyl sites for hydroxylation is 1. The van der Waals surface area contributed by atoms with Crippen molar-refractivity contribution in [3.8, 4) is 11.6 Å². The van der Waals surface area contributed by atoms with E-state index in [0.29, 0.717) is 32.1 Å². The zero-order valence-electron chi connectivity index (χ0n) is 18.5. The second-order valence-corrected chi connectivity index (χ2v) is 7.94. The number of amides is 1. The largest absolute Gasteiger partial charge is 0.439 e. The number of piperazine rings is 1. The van der Waals surface area contributed by atoms with Gasteiger partial charge in [-0.15, -0.1) is 0 Å². The van der Waals surface area contributed by atoms with E-state index in [4.69, 9.17) is 9.47 Å². The summed E-state index contributed by atoms with van der Waals surface area (Å²) in [7, 11) is 0. The minimum Gasteiger partial charge on any atom is -0.439 e. The van der Waals surface area contributed by atoms with Gasteiger partial charge in [0.15, 0.2) is 0 Å². The van der Waals surface area contributed by atoms with E-state index in [1.165, 1.54) is 6.33 Å². The molecule has 0 aliphatic carbocycles. The van der Waals surface area contributed by atoms with Gasteiger partial charge in [0.25, 0.3) is 0 Å². The minimum absolute atomic E-state index is 0.0133. The predicted molar refractivity (Wildman–Crippen MR) is 123 cm³/mol. The van der Waals surface area contributed by atoms with Gasteiger partial charge in [0.2, 0.25) is 11.8 Å². The molecule has 7 nitrogen and oxygen atoms in total. The number of carbonyl (C=O) groups excluding carboxylic acids is 1. The molecule has 0 spiro atoms. The summed E-state index contributed by atoms with van der Waals surface area (Å²) >= 11 is 0. The summed E-state index contributed by atoms with van der Waals surface area (Å²) in [5.74, 6) is 2.09. The summed E-state index contributed by atoms with van der Waals surface area (Å²) in [6.07, 6.45) is 1.52. The van der Waals surface area contributed by atoms with E-state index in [2.05, 4.69) is 14.9 Å². The molecule has 3 aromatic rings. The number of hydrogen-bond acceptors (Lipinski definition) is 6. The summed E-state index contributed by atoms with van der Waals surface area (Å²) < 4.78 is 11.6. The van der Waals surface area contributed by atoms with Gasteiger partial charge in [-0.3, -0.25) is 4.79 Å². The van der Waals surface area contributed by atoms with Gasteiger partial charge in [0, 0.05) is 31.7 Å². The Kier molecular flexibility index (Phi) is 6.97. The van der Waals surface area contributed by atoms with Crippen molar-refractivity contribution < 1.29 is 14.3 Å². The van der Waals surface area contributed by atoms with Crippen LogP contribution in [0, 0.1) is 6.92 Å². The summed E-state index contributed by atoms with van der Waals surface area (Å²) in [4.78, 5) is 25.4. The zero-order valence-corrected chi connectivity index (χ0v) is 18.5. The first kappa shape index (κ1) is 21.8. The van der Waals surface area contributed by atoms with Crippen LogP contribution in [0.1, 0.15) is 18.1 Å². The van der Waals surface area contributed by atoms with Gasteiger partial charge < -0.3 is 19.3 Å². The Bertz CT molecular complexity index is 1040. The highest BCUT2D eigenvalue weighted by Gasteiger charge is 2.28. The smallest absolute Gasteiger partial charge is 0.248 e. The van der Waals surface area contributed by atoms with Crippen LogP contribution in [0.15, 0.2) is 67.0 Å². The molecular weight excluding hydrogens is 404 g/mol. The number of rotatable bonds is 7. The second-order valence-electron chi connectivity index (χ2n) is 7.94. The standard InChI is InChI=1S/C25H28N4O3/c1-19-8-6-7-11-22(19)32-24-14-23(26-18-27-24)28-12-13-29(20(2)15-28)25(30)17-31-16-21-9-4-3-5-10-21/h3-11,14,18,20H,12-13,15-17H2,1-2H3/t20-/m0/s1. The highest BCUT2D eigenvalue weighted by Crippen LogP contribution is 2.26. The molecule has 1 amide bonds. The van der Waals surface area contributed by atoms with Gasteiger partial charge in [0.05, 0.1) is 6.61 Å². The average molecular weight is 433 g/mol. The maximum atomic E-state index is 12.7. The highest BCUT2D eigenvalue weighted by atomic mass is 16.5. The van der Waals surface area contributed by atoms with Crippen molar-refractivity contribution >= 4 is 11.7 Å². The van der Waals surface area contributed by atoms with Crippen LogP contribution in [0.25, 0.3) is 0 Å². The van der Waals surface area contributed by atoms with Gasteiger partial charge >= 0.3 is 0 Å². The van der Waals surface area contributed by atoms with E-state index in [1.807, 2.05) is 79.4 Å². The maximum Gasteiger partial charge on any atom is 0.248 e. The van der Waals surface area contributed by atoms with E-state index in [9.17, 15) is 4.79 Å². The van der Waals surface area contributed by atoms with E-state index in [-0.39, 0.29) is 18.6 Å². The average Bonchev–Trinajstić information content (AvgIpc) is 2.81. The van der Waals surface area contributed by atoms with E-state index >= 15 is 0 Å². The van der Waals surface area contributed by atoms with Crippen LogP contribution in [0.4, 0.5) is 5.82 Å². The Hall–Kier alpha value is -3.45. The second kappa shape index (κ2) is 10.2. The fourth-order valence-electron chi connectivity index (χ4n) is 3.79. The molecule has 32 heavy (non-hydrogen) atoms. The van der Waals surface area contributed by atoms with E-state index in [1.54, 1.807) is 0 Å². The molecule has 2 heterocycles. The van der Waals surface area contributed by atoms with Gasteiger partial charge in [-0.1, -0.05) is 48.5 Å². The van der Waals surface area contributed by atoms with Crippen molar-refractivity contribution in [3.05, 3.63) is 78.1 Å². The summed E-state index contributed by atoms with van der Waals surface area (Å²) in [6, 6.07) is 19.6. The molecule has 0 saturated carbocycles. The molecule has 4 rings (SSSR count). The fraction of sp³-hybridized carbons (Fsp3) is 0.320. The number of ether oxygens (including phenoxy) is 2. The summed E-state index contributed by atoms with van der Waals surface area (Å²) in [6.45, 7) is 6.56. The minimum atomic E-state index is 0.0133. The lowest BCUT2D eigenvalue weighted by atomic mass is 10.2. The topological polar surface area (TPSA) is 67.8 Å². The van der Waals surface area contributed by atoms with Crippen LogP contribution < -0.4 is 9.64 Å². The lowest BCUT2D eigenvalue weighted by molar-refractivity contribution is -0.139. The zero-order chi connectivity index (χ0) is 22.3. The number of aromatic nitrogens is 2. The van der Waals surface area contributed by atoms with E-state index < -0.39 is 0 Å². The number of para-hydroxylation sites is 1.